The van der Waals surface area contributed by atoms with Gasteiger partial charge in [-0.25, -0.2) is 4.98 Å². The van der Waals surface area contributed by atoms with Crippen molar-refractivity contribution >= 4 is 55.7 Å². The van der Waals surface area contributed by atoms with E-state index in [1.54, 1.807) is 67.8 Å². The van der Waals surface area contributed by atoms with Crippen molar-refractivity contribution in [3.8, 4) is 11.5 Å². The van der Waals surface area contributed by atoms with Crippen LogP contribution in [0.5, 0.6) is 11.5 Å². The number of halogens is 1. The number of ether oxygens (including phenoxy) is 2. The smallest absolute Gasteiger partial charge is 0.301 e. The number of anilines is 1. The third-order valence-electron chi connectivity index (χ3n) is 5.84. The van der Waals surface area contributed by atoms with E-state index in [2.05, 4.69) is 4.98 Å². The number of amides is 1. The van der Waals surface area contributed by atoms with Gasteiger partial charge in [-0.1, -0.05) is 35.1 Å². The number of Topliss-reactive ketones (excluding diaryl/α,β-unsaturated/α-hetero) is 1. The van der Waals surface area contributed by atoms with E-state index in [0.717, 1.165) is 4.70 Å². The molecule has 0 spiro atoms. The maximum Gasteiger partial charge on any atom is 0.301 e. The number of aromatic nitrogens is 1. The van der Waals surface area contributed by atoms with E-state index in [0.29, 0.717) is 44.9 Å². The highest BCUT2D eigenvalue weighted by Gasteiger charge is 2.48. The highest BCUT2D eigenvalue weighted by molar-refractivity contribution is 7.22. The predicted octanol–water partition coefficient (Wildman–Crippen LogP) is 5.98. The van der Waals surface area contributed by atoms with Crippen LogP contribution in [-0.2, 0) is 9.59 Å². The minimum Gasteiger partial charge on any atom is -0.507 e. The normalized spacial score (nSPS) is 17.1. The molecule has 1 saturated heterocycles. The fourth-order valence-electron chi connectivity index (χ4n) is 4.18. The Morgan fingerprint density at radius 1 is 1.08 bits per heavy atom. The lowest BCUT2D eigenvalue weighted by Gasteiger charge is -2.23. The van der Waals surface area contributed by atoms with Gasteiger partial charge in [0.05, 0.1) is 35.5 Å². The molecule has 36 heavy (non-hydrogen) atoms. The van der Waals surface area contributed by atoms with Crippen molar-refractivity contribution < 1.29 is 24.2 Å². The summed E-state index contributed by atoms with van der Waals surface area (Å²) in [6, 6.07) is 18.0. The van der Waals surface area contributed by atoms with Gasteiger partial charge in [0, 0.05) is 10.6 Å². The Labute approximate surface area is 216 Å². The monoisotopic (exact) mass is 520 g/mol. The Hall–Kier alpha value is -3.88. The number of hydrogen-bond donors (Lipinski definition) is 1. The van der Waals surface area contributed by atoms with Gasteiger partial charge in [0.2, 0.25) is 0 Å². The van der Waals surface area contributed by atoms with E-state index in [4.69, 9.17) is 21.1 Å². The minimum atomic E-state index is -0.919. The molecule has 1 fully saturated rings. The maximum atomic E-state index is 13.4. The average molecular weight is 521 g/mol. The molecule has 0 saturated carbocycles. The molecule has 0 unspecified atom stereocenters. The number of aliphatic hydroxyl groups is 1. The summed E-state index contributed by atoms with van der Waals surface area (Å²) in [5.74, 6) is -0.583. The first-order valence-electron chi connectivity index (χ1n) is 11.2. The molecule has 1 atom stereocenters. The minimum absolute atomic E-state index is 0.0386. The third kappa shape index (κ3) is 4.19. The van der Waals surface area contributed by atoms with Gasteiger partial charge in [0.1, 0.15) is 17.3 Å². The second-order valence-corrected chi connectivity index (χ2v) is 9.46. The van der Waals surface area contributed by atoms with Crippen LogP contribution in [-0.4, -0.2) is 35.5 Å². The number of ketones is 1. The Morgan fingerprint density at radius 3 is 2.53 bits per heavy atom. The van der Waals surface area contributed by atoms with Gasteiger partial charge in [-0.2, -0.15) is 0 Å². The van der Waals surface area contributed by atoms with E-state index in [-0.39, 0.29) is 11.3 Å². The Kier molecular flexibility index (Phi) is 6.38. The van der Waals surface area contributed by atoms with Crippen molar-refractivity contribution in [3.05, 3.63) is 88.5 Å². The van der Waals surface area contributed by atoms with Gasteiger partial charge in [-0.05, 0) is 67.1 Å². The van der Waals surface area contributed by atoms with Crippen molar-refractivity contribution in [1.29, 1.82) is 0 Å². The summed E-state index contributed by atoms with van der Waals surface area (Å²) in [5, 5.41) is 12.0. The summed E-state index contributed by atoms with van der Waals surface area (Å²) in [6.45, 7) is 2.37. The van der Waals surface area contributed by atoms with Gasteiger partial charge in [-0.15, -0.1) is 0 Å². The number of nitrogens with zero attached hydrogens (tertiary/aromatic N) is 2. The van der Waals surface area contributed by atoms with Crippen LogP contribution in [0, 0.1) is 0 Å². The second kappa shape index (κ2) is 9.64. The van der Waals surface area contributed by atoms with Gasteiger partial charge in [-0.3, -0.25) is 14.5 Å². The molecule has 1 N–H and O–H groups in total. The van der Waals surface area contributed by atoms with Crippen molar-refractivity contribution in [1.82, 2.24) is 4.98 Å². The highest BCUT2D eigenvalue weighted by atomic mass is 35.5. The Morgan fingerprint density at radius 2 is 1.83 bits per heavy atom. The number of thiazole rings is 1. The first-order valence-corrected chi connectivity index (χ1v) is 12.3. The lowest BCUT2D eigenvalue weighted by molar-refractivity contribution is -0.132. The Bertz CT molecular complexity index is 1510. The van der Waals surface area contributed by atoms with Crippen molar-refractivity contribution in [2.75, 3.05) is 18.6 Å². The van der Waals surface area contributed by atoms with E-state index in [1.807, 2.05) is 13.0 Å². The summed E-state index contributed by atoms with van der Waals surface area (Å²) >= 11 is 7.53. The quantitative estimate of drug-likeness (QED) is 0.191. The largest absolute Gasteiger partial charge is 0.507 e. The molecular formula is C27H21ClN2O5S. The standard InChI is InChI=1S/C27H21ClN2O5S/c1-3-35-18-9-7-15(8-10-18)24(31)22-23(16-5-4-6-17(28)13-16)30(26(33)25(22)32)27-29-20-12-11-19(34-2)14-21(20)36-27/h4-14,23,31H,3H2,1-2H3/t23-/m1/s1. The first kappa shape index (κ1) is 23.8. The van der Waals surface area contributed by atoms with Gasteiger partial charge >= 0.3 is 5.91 Å². The number of methoxy groups -OCH3 is 1. The molecule has 4 aromatic rings. The molecule has 3 aromatic carbocycles. The Balaban J connectivity index is 1.68. The number of hydrogen-bond acceptors (Lipinski definition) is 7. The molecule has 5 rings (SSSR count). The maximum absolute atomic E-state index is 13.4. The molecule has 0 radical (unpaired) electrons. The summed E-state index contributed by atoms with van der Waals surface area (Å²) in [5.41, 5.74) is 1.58. The number of carbonyl (C=O) groups is 2. The van der Waals surface area contributed by atoms with Crippen LogP contribution in [0.3, 0.4) is 0 Å². The van der Waals surface area contributed by atoms with Crippen LogP contribution < -0.4 is 14.4 Å². The average Bonchev–Trinajstić information content (AvgIpc) is 3.42. The topological polar surface area (TPSA) is 89.0 Å². The second-order valence-electron chi connectivity index (χ2n) is 8.01. The summed E-state index contributed by atoms with van der Waals surface area (Å²) in [6.07, 6.45) is 0. The van der Waals surface area contributed by atoms with Crippen LogP contribution >= 0.6 is 22.9 Å². The zero-order valence-electron chi connectivity index (χ0n) is 19.4. The molecule has 2 heterocycles. The van der Waals surface area contributed by atoms with Crippen LogP contribution in [0.25, 0.3) is 16.0 Å². The number of rotatable bonds is 6. The van der Waals surface area contributed by atoms with E-state index < -0.39 is 17.7 Å². The molecule has 1 aliphatic heterocycles. The third-order valence-corrected chi connectivity index (χ3v) is 7.09. The van der Waals surface area contributed by atoms with E-state index in [9.17, 15) is 14.7 Å². The molecule has 7 nitrogen and oxygen atoms in total. The van der Waals surface area contributed by atoms with Crippen molar-refractivity contribution in [2.45, 2.75) is 13.0 Å². The molecule has 1 aromatic heterocycles. The number of aliphatic hydroxyl groups excluding tert-OH is 1. The zero-order valence-corrected chi connectivity index (χ0v) is 21.0. The fourth-order valence-corrected chi connectivity index (χ4v) is 5.40. The molecular weight excluding hydrogens is 500 g/mol. The SMILES string of the molecule is CCOc1ccc(C(O)=C2C(=O)C(=O)N(c3nc4ccc(OC)cc4s3)[C@@H]2c2cccc(Cl)c2)cc1. The lowest BCUT2D eigenvalue weighted by atomic mass is 9.95. The fraction of sp³-hybridized carbons (Fsp3) is 0.148. The molecule has 0 aliphatic carbocycles. The highest BCUT2D eigenvalue weighted by Crippen LogP contribution is 2.45. The summed E-state index contributed by atoms with van der Waals surface area (Å²) < 4.78 is 11.6. The number of fused-ring (bicyclic) bond motifs is 1. The van der Waals surface area contributed by atoms with Crippen molar-refractivity contribution in [2.24, 2.45) is 0 Å². The van der Waals surface area contributed by atoms with Crippen LogP contribution in [0.15, 0.2) is 72.3 Å². The first-order chi connectivity index (χ1) is 17.4. The van der Waals surface area contributed by atoms with Crippen LogP contribution in [0.4, 0.5) is 5.13 Å². The molecule has 0 bridgehead atoms. The van der Waals surface area contributed by atoms with Crippen LogP contribution in [0.2, 0.25) is 5.02 Å². The summed E-state index contributed by atoms with van der Waals surface area (Å²) in [7, 11) is 1.57. The van der Waals surface area contributed by atoms with Gasteiger partial charge in [0.25, 0.3) is 5.78 Å². The van der Waals surface area contributed by atoms with E-state index >= 15 is 0 Å². The molecule has 9 heteroatoms. The van der Waals surface area contributed by atoms with Gasteiger partial charge < -0.3 is 14.6 Å². The number of benzene rings is 3. The van der Waals surface area contributed by atoms with Gasteiger partial charge in [0.15, 0.2) is 5.13 Å². The molecule has 1 amide bonds. The summed E-state index contributed by atoms with van der Waals surface area (Å²) in [4.78, 5) is 32.7. The zero-order chi connectivity index (χ0) is 25.4. The van der Waals surface area contributed by atoms with Crippen molar-refractivity contribution in [3.63, 3.8) is 0 Å². The van der Waals surface area contributed by atoms with Crippen LogP contribution in [0.1, 0.15) is 24.1 Å². The lowest BCUT2D eigenvalue weighted by Crippen LogP contribution is -2.29. The van der Waals surface area contributed by atoms with E-state index in [1.165, 1.54) is 16.2 Å². The number of carbonyl (C=O) groups excluding carboxylic acids is 2. The molecule has 182 valence electrons. The molecule has 1 aliphatic rings. The predicted molar refractivity (Wildman–Crippen MR) is 140 cm³/mol.